The molecule has 2 rings (SSSR count). The standard InChI is InChI=1S/C21H32N2S2/c1-21(2,3)24-15-17-11-9-16(10-12-17)13-14-19(22)25-20(23)18-7-5-4-6-8-18/h4-8,16-17,22-23H,9-15H2,1-3H3. The molecular formula is C21H32N2S2. The first-order valence-corrected chi connectivity index (χ1v) is 11.2. The third kappa shape index (κ3) is 8.00. The average molecular weight is 377 g/mol. The van der Waals surface area contributed by atoms with Crippen LogP contribution in [0.15, 0.2) is 30.3 Å². The lowest BCUT2D eigenvalue weighted by Gasteiger charge is -2.30. The van der Waals surface area contributed by atoms with Crippen LogP contribution in [0.4, 0.5) is 0 Å². The number of nitrogens with one attached hydrogen (secondary N) is 2. The van der Waals surface area contributed by atoms with Gasteiger partial charge in [0, 0.05) is 10.3 Å². The minimum Gasteiger partial charge on any atom is -0.298 e. The van der Waals surface area contributed by atoms with Gasteiger partial charge in [-0.15, -0.1) is 0 Å². The summed E-state index contributed by atoms with van der Waals surface area (Å²) < 4.78 is 0.381. The van der Waals surface area contributed by atoms with Gasteiger partial charge in [0.25, 0.3) is 0 Å². The van der Waals surface area contributed by atoms with E-state index < -0.39 is 0 Å². The van der Waals surface area contributed by atoms with Crippen molar-refractivity contribution in [3.63, 3.8) is 0 Å². The fourth-order valence-corrected chi connectivity index (χ4v) is 5.00. The maximum absolute atomic E-state index is 8.18. The van der Waals surface area contributed by atoms with Gasteiger partial charge < -0.3 is 0 Å². The van der Waals surface area contributed by atoms with Gasteiger partial charge in [-0.1, -0.05) is 75.7 Å². The zero-order valence-corrected chi connectivity index (χ0v) is 17.4. The van der Waals surface area contributed by atoms with Gasteiger partial charge in [0.15, 0.2) is 0 Å². The molecule has 25 heavy (non-hydrogen) atoms. The van der Waals surface area contributed by atoms with Crippen molar-refractivity contribution >= 4 is 33.6 Å². The molecule has 1 aliphatic carbocycles. The topological polar surface area (TPSA) is 47.7 Å². The van der Waals surface area contributed by atoms with Crippen LogP contribution in [0.25, 0.3) is 0 Å². The van der Waals surface area contributed by atoms with Crippen molar-refractivity contribution in [2.45, 2.75) is 64.0 Å². The second-order valence-corrected chi connectivity index (χ2v) is 11.0. The highest BCUT2D eigenvalue weighted by molar-refractivity contribution is 8.26. The number of hydrogen-bond acceptors (Lipinski definition) is 4. The molecule has 0 bridgehead atoms. The Balaban J connectivity index is 1.64. The van der Waals surface area contributed by atoms with Crippen LogP contribution in [0.1, 0.15) is 64.9 Å². The molecule has 0 radical (unpaired) electrons. The Morgan fingerprint density at radius 3 is 2.20 bits per heavy atom. The Morgan fingerprint density at radius 1 is 1.00 bits per heavy atom. The largest absolute Gasteiger partial charge is 0.298 e. The highest BCUT2D eigenvalue weighted by Gasteiger charge is 2.23. The van der Waals surface area contributed by atoms with Gasteiger partial charge >= 0.3 is 0 Å². The molecule has 0 aliphatic heterocycles. The Morgan fingerprint density at radius 2 is 1.60 bits per heavy atom. The van der Waals surface area contributed by atoms with E-state index in [0.717, 1.165) is 30.2 Å². The van der Waals surface area contributed by atoms with Gasteiger partial charge in [-0.05, 0) is 43.3 Å². The fraction of sp³-hybridized carbons (Fsp3) is 0.619. The molecular weight excluding hydrogens is 344 g/mol. The highest BCUT2D eigenvalue weighted by atomic mass is 32.2. The molecule has 0 aromatic heterocycles. The monoisotopic (exact) mass is 376 g/mol. The molecule has 138 valence electrons. The fourth-order valence-electron chi connectivity index (χ4n) is 3.21. The molecule has 0 atom stereocenters. The van der Waals surface area contributed by atoms with Crippen LogP contribution in [-0.2, 0) is 0 Å². The molecule has 0 spiro atoms. The SMILES string of the molecule is CC(C)(C)SCC1CCC(CCC(=N)SC(=N)c2ccccc2)CC1. The van der Waals surface area contributed by atoms with E-state index >= 15 is 0 Å². The third-order valence-corrected chi connectivity index (χ3v) is 7.15. The number of thioether (sulfide) groups is 2. The summed E-state index contributed by atoms with van der Waals surface area (Å²) in [7, 11) is 0. The highest BCUT2D eigenvalue weighted by Crippen LogP contribution is 2.36. The summed E-state index contributed by atoms with van der Waals surface area (Å²) in [4.78, 5) is 0. The van der Waals surface area contributed by atoms with E-state index in [-0.39, 0.29) is 0 Å². The molecule has 1 aliphatic rings. The van der Waals surface area contributed by atoms with Gasteiger partial charge in [-0.3, -0.25) is 10.8 Å². The van der Waals surface area contributed by atoms with Crippen molar-refractivity contribution in [1.82, 2.24) is 0 Å². The molecule has 1 fully saturated rings. The summed E-state index contributed by atoms with van der Waals surface area (Å²) in [5.74, 6) is 2.97. The first kappa shape index (κ1) is 20.6. The maximum atomic E-state index is 8.18. The minimum absolute atomic E-state index is 0.381. The summed E-state index contributed by atoms with van der Waals surface area (Å²) in [6.45, 7) is 6.92. The molecule has 1 saturated carbocycles. The molecule has 1 aromatic rings. The van der Waals surface area contributed by atoms with Crippen LogP contribution in [0.3, 0.4) is 0 Å². The Bertz CT molecular complexity index is 555. The van der Waals surface area contributed by atoms with E-state index in [1.807, 2.05) is 30.3 Å². The second-order valence-electron chi connectivity index (χ2n) is 8.07. The van der Waals surface area contributed by atoms with E-state index in [2.05, 4.69) is 32.5 Å². The van der Waals surface area contributed by atoms with Crippen LogP contribution >= 0.6 is 23.5 Å². The normalized spacial score (nSPS) is 21.1. The molecule has 0 unspecified atom stereocenters. The molecule has 2 N–H and O–H groups in total. The maximum Gasteiger partial charge on any atom is 0.100 e. The smallest absolute Gasteiger partial charge is 0.100 e. The second kappa shape index (κ2) is 9.82. The number of benzene rings is 1. The van der Waals surface area contributed by atoms with E-state index in [0.29, 0.717) is 14.8 Å². The van der Waals surface area contributed by atoms with Gasteiger partial charge in [0.05, 0.1) is 5.04 Å². The summed E-state index contributed by atoms with van der Waals surface area (Å²) in [5, 5.41) is 17.4. The zero-order chi connectivity index (χ0) is 18.3. The van der Waals surface area contributed by atoms with Gasteiger partial charge in [-0.2, -0.15) is 11.8 Å². The van der Waals surface area contributed by atoms with Crippen LogP contribution in [0.5, 0.6) is 0 Å². The van der Waals surface area contributed by atoms with Crippen molar-refractivity contribution in [2.24, 2.45) is 11.8 Å². The number of rotatable bonds is 6. The molecule has 0 amide bonds. The molecule has 4 heteroatoms. The van der Waals surface area contributed by atoms with Crippen LogP contribution in [0, 0.1) is 22.7 Å². The third-order valence-electron chi connectivity index (χ3n) is 4.76. The van der Waals surface area contributed by atoms with Gasteiger partial charge in [0.2, 0.25) is 0 Å². The quantitative estimate of drug-likeness (QED) is 0.421. The minimum atomic E-state index is 0.381. The number of hydrogen-bond donors (Lipinski definition) is 2. The van der Waals surface area contributed by atoms with Crippen LogP contribution < -0.4 is 0 Å². The van der Waals surface area contributed by atoms with E-state index in [1.165, 1.54) is 43.2 Å². The predicted octanol–water partition coefficient (Wildman–Crippen LogP) is 6.84. The lowest BCUT2D eigenvalue weighted by molar-refractivity contribution is 0.283. The van der Waals surface area contributed by atoms with Gasteiger partial charge in [0.1, 0.15) is 5.04 Å². The van der Waals surface area contributed by atoms with E-state index in [1.54, 1.807) is 0 Å². The van der Waals surface area contributed by atoms with Crippen LogP contribution in [-0.4, -0.2) is 20.6 Å². The molecule has 0 heterocycles. The zero-order valence-electron chi connectivity index (χ0n) is 15.8. The Hall–Kier alpha value is -0.740. The molecule has 2 nitrogen and oxygen atoms in total. The Kier molecular flexibility index (Phi) is 8.08. The summed E-state index contributed by atoms with van der Waals surface area (Å²) in [6.07, 6.45) is 7.30. The summed E-state index contributed by atoms with van der Waals surface area (Å²) >= 11 is 3.42. The average Bonchev–Trinajstić information content (AvgIpc) is 2.59. The van der Waals surface area contributed by atoms with Crippen molar-refractivity contribution in [1.29, 1.82) is 10.8 Å². The summed E-state index contributed by atoms with van der Waals surface area (Å²) in [5.41, 5.74) is 0.911. The van der Waals surface area contributed by atoms with Crippen molar-refractivity contribution < 1.29 is 0 Å². The van der Waals surface area contributed by atoms with Crippen molar-refractivity contribution in [2.75, 3.05) is 5.75 Å². The van der Waals surface area contributed by atoms with E-state index in [9.17, 15) is 0 Å². The molecule has 0 saturated heterocycles. The first-order chi connectivity index (χ1) is 11.8. The van der Waals surface area contributed by atoms with Gasteiger partial charge in [-0.25, -0.2) is 0 Å². The lowest BCUT2D eigenvalue weighted by Crippen LogP contribution is -2.19. The van der Waals surface area contributed by atoms with Crippen LogP contribution in [0.2, 0.25) is 0 Å². The Labute approximate surface area is 162 Å². The van der Waals surface area contributed by atoms with E-state index in [4.69, 9.17) is 10.8 Å². The molecule has 1 aromatic carbocycles. The van der Waals surface area contributed by atoms with Crippen molar-refractivity contribution in [3.8, 4) is 0 Å². The predicted molar refractivity (Wildman–Crippen MR) is 115 cm³/mol. The summed E-state index contributed by atoms with van der Waals surface area (Å²) in [6, 6.07) is 9.75. The lowest BCUT2D eigenvalue weighted by atomic mass is 9.81. The van der Waals surface area contributed by atoms with Crippen molar-refractivity contribution in [3.05, 3.63) is 35.9 Å². The first-order valence-electron chi connectivity index (χ1n) is 9.36.